The predicted octanol–water partition coefficient (Wildman–Crippen LogP) is 4.26. The first-order chi connectivity index (χ1) is 9.63. The molecular formula is C19H29N. The molecule has 3 rings (SSSR count). The number of aryl methyl sites for hydroxylation is 2. The zero-order valence-electron chi connectivity index (χ0n) is 13.3. The van der Waals surface area contributed by atoms with Crippen molar-refractivity contribution in [2.24, 2.45) is 17.3 Å². The highest BCUT2D eigenvalue weighted by Crippen LogP contribution is 2.57. The molecule has 0 aliphatic heterocycles. The van der Waals surface area contributed by atoms with Crippen LogP contribution in [0.25, 0.3) is 0 Å². The third kappa shape index (κ3) is 2.53. The molecule has 2 aliphatic rings. The lowest BCUT2D eigenvalue weighted by Crippen LogP contribution is -2.40. The van der Waals surface area contributed by atoms with Crippen LogP contribution < -0.4 is 5.32 Å². The van der Waals surface area contributed by atoms with E-state index in [0.29, 0.717) is 5.41 Å². The third-order valence-corrected chi connectivity index (χ3v) is 5.88. The maximum absolute atomic E-state index is 3.67. The van der Waals surface area contributed by atoms with E-state index in [-0.39, 0.29) is 0 Å². The van der Waals surface area contributed by atoms with Gasteiger partial charge in [-0.3, -0.25) is 0 Å². The number of benzene rings is 1. The summed E-state index contributed by atoms with van der Waals surface area (Å²) in [6.45, 7) is 9.06. The molecule has 2 saturated carbocycles. The molecule has 2 aliphatic carbocycles. The Morgan fingerprint density at radius 2 is 2.10 bits per heavy atom. The van der Waals surface area contributed by atoms with Gasteiger partial charge in [-0.25, -0.2) is 0 Å². The van der Waals surface area contributed by atoms with Crippen LogP contribution in [0.5, 0.6) is 0 Å². The molecule has 0 amide bonds. The van der Waals surface area contributed by atoms with Crippen molar-refractivity contribution in [2.75, 3.05) is 13.1 Å². The van der Waals surface area contributed by atoms with Crippen LogP contribution in [-0.2, 0) is 6.42 Å². The molecule has 1 aromatic rings. The standard InChI is InChI=1S/C19H29N/c1-4-20-13-19(11-16-7-8-18(19)10-16)12-17-9-14(2)5-6-15(17)3/h5-6,9,16,18,20H,4,7-8,10-13H2,1-3H3. The van der Waals surface area contributed by atoms with Crippen molar-refractivity contribution in [3.63, 3.8) is 0 Å². The Labute approximate surface area is 124 Å². The Morgan fingerprint density at radius 3 is 2.75 bits per heavy atom. The number of nitrogens with one attached hydrogen (secondary N) is 1. The van der Waals surface area contributed by atoms with Crippen molar-refractivity contribution >= 4 is 0 Å². The van der Waals surface area contributed by atoms with Gasteiger partial charge < -0.3 is 5.32 Å². The molecule has 0 radical (unpaired) electrons. The number of hydrogen-bond acceptors (Lipinski definition) is 1. The predicted molar refractivity (Wildman–Crippen MR) is 86.0 cm³/mol. The molecule has 0 spiro atoms. The Hall–Kier alpha value is -0.820. The topological polar surface area (TPSA) is 12.0 Å². The highest BCUT2D eigenvalue weighted by atomic mass is 14.9. The third-order valence-electron chi connectivity index (χ3n) is 5.88. The summed E-state index contributed by atoms with van der Waals surface area (Å²) in [5.74, 6) is 1.98. The zero-order chi connectivity index (χ0) is 14.2. The second-order valence-corrected chi connectivity index (χ2v) is 7.33. The Balaban J connectivity index is 1.85. The summed E-state index contributed by atoms with van der Waals surface area (Å²) in [4.78, 5) is 0. The van der Waals surface area contributed by atoms with E-state index in [9.17, 15) is 0 Å². The van der Waals surface area contributed by atoms with E-state index < -0.39 is 0 Å². The van der Waals surface area contributed by atoms with Gasteiger partial charge in [0.05, 0.1) is 0 Å². The van der Waals surface area contributed by atoms with E-state index >= 15 is 0 Å². The molecule has 3 unspecified atom stereocenters. The lowest BCUT2D eigenvalue weighted by atomic mass is 9.68. The molecule has 2 fully saturated rings. The Kier molecular flexibility index (Phi) is 3.90. The molecule has 1 nitrogen and oxygen atoms in total. The smallest absolute Gasteiger partial charge is 0.00136 e. The summed E-state index contributed by atoms with van der Waals surface area (Å²) in [6, 6.07) is 6.98. The summed E-state index contributed by atoms with van der Waals surface area (Å²) in [6.07, 6.45) is 7.20. The number of fused-ring (bicyclic) bond motifs is 2. The van der Waals surface area contributed by atoms with Crippen molar-refractivity contribution in [3.05, 3.63) is 34.9 Å². The lowest BCUT2D eigenvalue weighted by molar-refractivity contribution is 0.157. The SMILES string of the molecule is CCNCC1(Cc2cc(C)ccc2C)CC2CCC1C2. The van der Waals surface area contributed by atoms with Gasteiger partial charge >= 0.3 is 0 Å². The molecular weight excluding hydrogens is 242 g/mol. The van der Waals surface area contributed by atoms with Gasteiger partial charge in [-0.05, 0) is 74.5 Å². The molecule has 1 N–H and O–H groups in total. The van der Waals surface area contributed by atoms with Crippen LogP contribution >= 0.6 is 0 Å². The van der Waals surface area contributed by atoms with Crippen LogP contribution in [0, 0.1) is 31.1 Å². The van der Waals surface area contributed by atoms with E-state index in [1.807, 2.05) is 0 Å². The van der Waals surface area contributed by atoms with Crippen LogP contribution in [0.4, 0.5) is 0 Å². The summed E-state index contributed by atoms with van der Waals surface area (Å²) in [5.41, 5.74) is 5.02. The van der Waals surface area contributed by atoms with Crippen molar-refractivity contribution in [1.29, 1.82) is 0 Å². The molecule has 0 aromatic heterocycles. The van der Waals surface area contributed by atoms with E-state index in [1.165, 1.54) is 49.8 Å². The Morgan fingerprint density at radius 1 is 1.25 bits per heavy atom. The van der Waals surface area contributed by atoms with Gasteiger partial charge in [0.2, 0.25) is 0 Å². The molecule has 1 aromatic carbocycles. The van der Waals surface area contributed by atoms with Gasteiger partial charge in [0.1, 0.15) is 0 Å². The normalized spacial score (nSPS) is 31.9. The summed E-state index contributed by atoms with van der Waals surface area (Å²) in [7, 11) is 0. The first kappa shape index (κ1) is 14.1. The Bertz CT molecular complexity index is 479. The molecule has 110 valence electrons. The summed E-state index contributed by atoms with van der Waals surface area (Å²) < 4.78 is 0. The first-order valence-corrected chi connectivity index (χ1v) is 8.40. The second-order valence-electron chi connectivity index (χ2n) is 7.33. The van der Waals surface area contributed by atoms with Gasteiger partial charge in [-0.2, -0.15) is 0 Å². The van der Waals surface area contributed by atoms with Crippen LogP contribution in [0.1, 0.15) is 49.3 Å². The van der Waals surface area contributed by atoms with Gasteiger partial charge in [0, 0.05) is 6.54 Å². The van der Waals surface area contributed by atoms with Crippen molar-refractivity contribution in [3.8, 4) is 0 Å². The van der Waals surface area contributed by atoms with Crippen molar-refractivity contribution in [1.82, 2.24) is 5.32 Å². The maximum Gasteiger partial charge on any atom is 0.00136 e. The monoisotopic (exact) mass is 271 g/mol. The fourth-order valence-electron chi connectivity index (χ4n) is 4.80. The fourth-order valence-corrected chi connectivity index (χ4v) is 4.80. The first-order valence-electron chi connectivity index (χ1n) is 8.40. The average Bonchev–Trinajstić information content (AvgIpc) is 3.02. The minimum Gasteiger partial charge on any atom is -0.316 e. The minimum atomic E-state index is 0.539. The van der Waals surface area contributed by atoms with Crippen LogP contribution in [-0.4, -0.2) is 13.1 Å². The highest BCUT2D eigenvalue weighted by molar-refractivity contribution is 5.32. The number of rotatable bonds is 5. The van der Waals surface area contributed by atoms with Crippen molar-refractivity contribution in [2.45, 2.75) is 52.9 Å². The number of hydrogen-bond donors (Lipinski definition) is 1. The maximum atomic E-state index is 3.67. The van der Waals surface area contributed by atoms with Gasteiger partial charge in [-0.1, -0.05) is 37.1 Å². The molecule has 0 heterocycles. The van der Waals surface area contributed by atoms with E-state index in [4.69, 9.17) is 0 Å². The van der Waals surface area contributed by atoms with Crippen LogP contribution in [0.3, 0.4) is 0 Å². The van der Waals surface area contributed by atoms with Gasteiger partial charge in [0.25, 0.3) is 0 Å². The van der Waals surface area contributed by atoms with Crippen LogP contribution in [0.15, 0.2) is 18.2 Å². The molecule has 3 atom stereocenters. The highest BCUT2D eigenvalue weighted by Gasteiger charge is 2.50. The molecule has 20 heavy (non-hydrogen) atoms. The second kappa shape index (κ2) is 5.52. The van der Waals surface area contributed by atoms with Gasteiger partial charge in [-0.15, -0.1) is 0 Å². The van der Waals surface area contributed by atoms with Crippen LogP contribution in [0.2, 0.25) is 0 Å². The van der Waals surface area contributed by atoms with E-state index in [1.54, 1.807) is 5.56 Å². The zero-order valence-corrected chi connectivity index (χ0v) is 13.3. The van der Waals surface area contributed by atoms with Gasteiger partial charge in [0.15, 0.2) is 0 Å². The fraction of sp³-hybridized carbons (Fsp3) is 0.684. The molecule has 1 heteroatoms. The quantitative estimate of drug-likeness (QED) is 0.843. The minimum absolute atomic E-state index is 0.539. The summed E-state index contributed by atoms with van der Waals surface area (Å²) in [5, 5.41) is 3.67. The van der Waals surface area contributed by atoms with Crippen molar-refractivity contribution < 1.29 is 0 Å². The lowest BCUT2D eigenvalue weighted by Gasteiger charge is -2.39. The average molecular weight is 271 g/mol. The van der Waals surface area contributed by atoms with E-state index in [2.05, 4.69) is 44.3 Å². The largest absolute Gasteiger partial charge is 0.316 e. The molecule has 2 bridgehead atoms. The molecule has 0 saturated heterocycles. The van der Waals surface area contributed by atoms with E-state index in [0.717, 1.165) is 18.4 Å². The summed E-state index contributed by atoms with van der Waals surface area (Å²) >= 11 is 0.